The second kappa shape index (κ2) is 7.54. The van der Waals surface area contributed by atoms with E-state index in [4.69, 9.17) is 4.42 Å². The van der Waals surface area contributed by atoms with Crippen LogP contribution >= 0.6 is 0 Å². The number of carbonyl (C=O) groups excluding carboxylic acids is 1. The molecule has 0 unspecified atom stereocenters. The Bertz CT molecular complexity index is 1070. The molecule has 27 heavy (non-hydrogen) atoms. The van der Waals surface area contributed by atoms with Crippen LogP contribution in [0.2, 0.25) is 0 Å². The summed E-state index contributed by atoms with van der Waals surface area (Å²) in [6, 6.07) is 12.1. The minimum Gasteiger partial charge on any atom is -0.464 e. The highest BCUT2D eigenvalue weighted by Crippen LogP contribution is 2.24. The lowest BCUT2D eigenvalue weighted by molar-refractivity contribution is -0.115. The van der Waals surface area contributed by atoms with Crippen molar-refractivity contribution in [2.24, 2.45) is 0 Å². The summed E-state index contributed by atoms with van der Waals surface area (Å²) in [7, 11) is -0.533. The summed E-state index contributed by atoms with van der Waals surface area (Å²) in [4.78, 5) is 12.5. The molecule has 142 valence electrons. The molecule has 2 aromatic carbocycles. The third-order valence-corrected chi connectivity index (χ3v) is 6.23. The van der Waals surface area contributed by atoms with Crippen LogP contribution in [0.25, 0.3) is 11.0 Å². The van der Waals surface area contributed by atoms with Crippen molar-refractivity contribution in [3.8, 4) is 0 Å². The fraction of sp³-hybridized carbons (Fsp3) is 0.250. The maximum atomic E-state index is 12.4. The number of rotatable bonds is 6. The van der Waals surface area contributed by atoms with Gasteiger partial charge in [-0.1, -0.05) is 19.1 Å². The summed E-state index contributed by atoms with van der Waals surface area (Å²) in [5.74, 6) is -0.194. The molecule has 0 spiro atoms. The standard InChI is InChI=1S/C20H22N2O4S/c1-4-14-5-10-18-15(13-26-19(18)11-14)12-20(23)21-16-6-8-17(9-7-16)27(24,25)22(2)3/h5-11,13H,4,12H2,1-3H3,(H,21,23). The molecule has 0 bridgehead atoms. The number of amides is 1. The van der Waals surface area contributed by atoms with E-state index in [0.717, 1.165) is 27.3 Å². The van der Waals surface area contributed by atoms with E-state index in [2.05, 4.69) is 12.2 Å². The van der Waals surface area contributed by atoms with Crippen molar-refractivity contribution < 1.29 is 17.6 Å². The van der Waals surface area contributed by atoms with Crippen molar-refractivity contribution in [1.82, 2.24) is 4.31 Å². The second-order valence-corrected chi connectivity index (χ2v) is 8.63. The summed E-state index contributed by atoms with van der Waals surface area (Å²) in [5, 5.41) is 3.71. The van der Waals surface area contributed by atoms with Crippen LogP contribution in [0.4, 0.5) is 5.69 Å². The van der Waals surface area contributed by atoms with E-state index in [1.54, 1.807) is 18.4 Å². The lowest BCUT2D eigenvalue weighted by Crippen LogP contribution is -2.22. The van der Waals surface area contributed by atoms with E-state index < -0.39 is 10.0 Å². The Labute approximate surface area is 158 Å². The Balaban J connectivity index is 1.71. The summed E-state index contributed by atoms with van der Waals surface area (Å²) in [6.07, 6.45) is 2.71. The largest absolute Gasteiger partial charge is 0.464 e. The molecule has 0 radical (unpaired) electrons. The van der Waals surface area contributed by atoms with Crippen LogP contribution in [0.1, 0.15) is 18.1 Å². The number of nitrogens with zero attached hydrogens (tertiary/aromatic N) is 1. The molecule has 0 aliphatic carbocycles. The third kappa shape index (κ3) is 4.04. The second-order valence-electron chi connectivity index (χ2n) is 6.48. The summed E-state index contributed by atoms with van der Waals surface area (Å²) in [6.45, 7) is 2.08. The summed E-state index contributed by atoms with van der Waals surface area (Å²) < 4.78 is 30.9. The number of sulfonamides is 1. The minimum absolute atomic E-state index is 0.177. The highest BCUT2D eigenvalue weighted by atomic mass is 32.2. The Morgan fingerprint density at radius 3 is 2.44 bits per heavy atom. The van der Waals surface area contributed by atoms with Crippen LogP contribution in [-0.4, -0.2) is 32.7 Å². The lowest BCUT2D eigenvalue weighted by Gasteiger charge is -2.12. The van der Waals surface area contributed by atoms with Gasteiger partial charge in [-0.25, -0.2) is 12.7 Å². The van der Waals surface area contributed by atoms with E-state index in [-0.39, 0.29) is 17.2 Å². The Kier molecular flexibility index (Phi) is 5.34. The average molecular weight is 386 g/mol. The fourth-order valence-corrected chi connectivity index (χ4v) is 3.69. The van der Waals surface area contributed by atoms with E-state index in [0.29, 0.717) is 5.69 Å². The van der Waals surface area contributed by atoms with E-state index in [1.807, 2.05) is 18.2 Å². The molecule has 0 saturated carbocycles. The number of anilines is 1. The molecule has 0 aliphatic heterocycles. The first-order valence-electron chi connectivity index (χ1n) is 8.62. The van der Waals surface area contributed by atoms with Crippen LogP contribution in [0.3, 0.4) is 0 Å². The molecule has 3 rings (SSSR count). The van der Waals surface area contributed by atoms with Gasteiger partial charge < -0.3 is 9.73 Å². The maximum absolute atomic E-state index is 12.4. The number of aryl methyl sites for hydroxylation is 1. The predicted octanol–water partition coefficient (Wildman–Crippen LogP) is 3.43. The Hall–Kier alpha value is -2.64. The van der Waals surface area contributed by atoms with Crippen molar-refractivity contribution in [3.05, 3.63) is 59.9 Å². The van der Waals surface area contributed by atoms with Gasteiger partial charge in [-0.3, -0.25) is 4.79 Å². The van der Waals surface area contributed by atoms with Crippen LogP contribution in [-0.2, 0) is 27.7 Å². The normalized spacial score (nSPS) is 11.9. The molecule has 3 aromatic rings. The number of furan rings is 1. The highest BCUT2D eigenvalue weighted by Gasteiger charge is 2.17. The van der Waals surface area contributed by atoms with Gasteiger partial charge in [0.1, 0.15) is 5.58 Å². The zero-order valence-electron chi connectivity index (χ0n) is 15.5. The van der Waals surface area contributed by atoms with Gasteiger partial charge in [0.25, 0.3) is 0 Å². The number of benzene rings is 2. The molecule has 0 saturated heterocycles. The maximum Gasteiger partial charge on any atom is 0.242 e. The third-order valence-electron chi connectivity index (χ3n) is 4.40. The van der Waals surface area contributed by atoms with Gasteiger partial charge in [-0.15, -0.1) is 0 Å². The van der Waals surface area contributed by atoms with E-state index in [9.17, 15) is 13.2 Å². The van der Waals surface area contributed by atoms with Crippen LogP contribution in [0.15, 0.2) is 58.0 Å². The first-order chi connectivity index (χ1) is 12.8. The zero-order valence-corrected chi connectivity index (χ0v) is 16.3. The van der Waals surface area contributed by atoms with Crippen molar-refractivity contribution in [1.29, 1.82) is 0 Å². The molecular formula is C20H22N2O4S. The van der Waals surface area contributed by atoms with E-state index in [1.165, 1.54) is 31.8 Å². The first kappa shape index (κ1) is 19.1. The molecule has 7 heteroatoms. The van der Waals surface area contributed by atoms with Gasteiger partial charge in [-0.05, 0) is 42.3 Å². The smallest absolute Gasteiger partial charge is 0.242 e. The average Bonchev–Trinajstić information content (AvgIpc) is 3.03. The summed E-state index contributed by atoms with van der Waals surface area (Å²) in [5.41, 5.74) is 3.31. The molecule has 1 heterocycles. The molecule has 6 nitrogen and oxygen atoms in total. The van der Waals surface area contributed by atoms with Gasteiger partial charge in [0, 0.05) is 30.7 Å². The van der Waals surface area contributed by atoms with Crippen LogP contribution < -0.4 is 5.32 Å². The molecule has 0 fully saturated rings. The highest BCUT2D eigenvalue weighted by molar-refractivity contribution is 7.89. The number of nitrogens with one attached hydrogen (secondary N) is 1. The lowest BCUT2D eigenvalue weighted by atomic mass is 10.1. The topological polar surface area (TPSA) is 79.6 Å². The zero-order chi connectivity index (χ0) is 19.6. The monoisotopic (exact) mass is 386 g/mol. The number of carbonyl (C=O) groups is 1. The van der Waals surface area contributed by atoms with Gasteiger partial charge in [0.15, 0.2) is 0 Å². The van der Waals surface area contributed by atoms with Crippen molar-refractivity contribution in [3.63, 3.8) is 0 Å². The Morgan fingerprint density at radius 2 is 1.81 bits per heavy atom. The van der Waals surface area contributed by atoms with E-state index >= 15 is 0 Å². The number of fused-ring (bicyclic) bond motifs is 1. The predicted molar refractivity (Wildman–Crippen MR) is 105 cm³/mol. The molecule has 1 amide bonds. The molecule has 1 aromatic heterocycles. The van der Waals surface area contributed by atoms with Crippen molar-refractivity contribution >= 4 is 32.6 Å². The molecule has 1 N–H and O–H groups in total. The van der Waals surface area contributed by atoms with Gasteiger partial charge >= 0.3 is 0 Å². The SMILES string of the molecule is CCc1ccc2c(CC(=O)Nc3ccc(S(=O)(=O)N(C)C)cc3)coc2c1. The van der Waals surface area contributed by atoms with Gasteiger partial charge in [0.2, 0.25) is 15.9 Å². The summed E-state index contributed by atoms with van der Waals surface area (Å²) >= 11 is 0. The number of hydrogen-bond acceptors (Lipinski definition) is 4. The quantitative estimate of drug-likeness (QED) is 0.704. The fourth-order valence-electron chi connectivity index (χ4n) is 2.78. The number of hydrogen-bond donors (Lipinski definition) is 1. The van der Waals surface area contributed by atoms with Gasteiger partial charge in [0.05, 0.1) is 17.6 Å². The van der Waals surface area contributed by atoms with Crippen LogP contribution in [0, 0.1) is 0 Å². The van der Waals surface area contributed by atoms with Crippen molar-refractivity contribution in [2.75, 3.05) is 19.4 Å². The van der Waals surface area contributed by atoms with Gasteiger partial charge in [-0.2, -0.15) is 0 Å². The molecule has 0 atom stereocenters. The minimum atomic E-state index is -3.49. The molecular weight excluding hydrogens is 364 g/mol. The Morgan fingerprint density at radius 1 is 1.11 bits per heavy atom. The van der Waals surface area contributed by atoms with Crippen LogP contribution in [0.5, 0.6) is 0 Å². The molecule has 0 aliphatic rings. The van der Waals surface area contributed by atoms with Crippen molar-refractivity contribution in [2.45, 2.75) is 24.7 Å². The first-order valence-corrected chi connectivity index (χ1v) is 10.1.